The first-order valence-corrected chi connectivity index (χ1v) is 7.38. The van der Waals surface area contributed by atoms with Crippen LogP contribution in [0.2, 0.25) is 5.02 Å². The smallest absolute Gasteiger partial charge is 0.0406 e. The molecule has 0 saturated heterocycles. The second-order valence-electron chi connectivity index (χ2n) is 5.60. The van der Waals surface area contributed by atoms with E-state index in [1.165, 1.54) is 12.0 Å². The lowest BCUT2D eigenvalue weighted by molar-refractivity contribution is 0.409. The van der Waals surface area contributed by atoms with Gasteiger partial charge in [-0.2, -0.15) is 0 Å². The van der Waals surface area contributed by atoms with Gasteiger partial charge in [0.2, 0.25) is 0 Å². The van der Waals surface area contributed by atoms with Crippen molar-refractivity contribution in [1.29, 1.82) is 0 Å². The molecule has 0 heterocycles. The molecule has 0 aliphatic heterocycles. The van der Waals surface area contributed by atoms with E-state index < -0.39 is 0 Å². The van der Waals surface area contributed by atoms with Crippen molar-refractivity contribution in [3.63, 3.8) is 0 Å². The molecular formula is C16H26ClN. The molecule has 1 aromatic rings. The summed E-state index contributed by atoms with van der Waals surface area (Å²) >= 11 is 5.96. The van der Waals surface area contributed by atoms with E-state index in [0.29, 0.717) is 17.8 Å². The van der Waals surface area contributed by atoms with Crippen molar-refractivity contribution in [2.45, 2.75) is 40.0 Å². The molecule has 1 N–H and O–H groups in total. The lowest BCUT2D eigenvalue weighted by atomic mass is 9.85. The van der Waals surface area contributed by atoms with Crippen LogP contribution in [-0.4, -0.2) is 13.1 Å². The number of nitrogens with one attached hydrogen (secondary N) is 1. The Bertz CT molecular complexity index is 331. The molecule has 2 atom stereocenters. The average Bonchev–Trinajstić information content (AvgIpc) is 2.35. The van der Waals surface area contributed by atoms with E-state index in [4.69, 9.17) is 11.6 Å². The van der Waals surface area contributed by atoms with Gasteiger partial charge in [0.1, 0.15) is 0 Å². The van der Waals surface area contributed by atoms with Gasteiger partial charge in [-0.05, 0) is 42.0 Å². The highest BCUT2D eigenvalue weighted by Gasteiger charge is 2.17. The van der Waals surface area contributed by atoms with Gasteiger partial charge in [0.25, 0.3) is 0 Å². The van der Waals surface area contributed by atoms with E-state index in [2.05, 4.69) is 45.1 Å². The third-order valence-corrected chi connectivity index (χ3v) is 3.80. The molecule has 0 bridgehead atoms. The summed E-state index contributed by atoms with van der Waals surface area (Å²) in [6.45, 7) is 11.2. The molecule has 0 amide bonds. The number of rotatable bonds is 7. The van der Waals surface area contributed by atoms with Crippen molar-refractivity contribution >= 4 is 11.6 Å². The van der Waals surface area contributed by atoms with E-state index in [9.17, 15) is 0 Å². The van der Waals surface area contributed by atoms with Crippen LogP contribution in [0.5, 0.6) is 0 Å². The maximum Gasteiger partial charge on any atom is 0.0406 e. The fourth-order valence-corrected chi connectivity index (χ4v) is 2.30. The number of hydrogen-bond donors (Lipinski definition) is 1. The Hall–Kier alpha value is -0.530. The Kier molecular flexibility index (Phi) is 6.73. The summed E-state index contributed by atoms with van der Waals surface area (Å²) in [5, 5.41) is 4.40. The Labute approximate surface area is 117 Å². The molecule has 1 rings (SSSR count). The third-order valence-electron chi connectivity index (χ3n) is 3.55. The zero-order valence-electron chi connectivity index (χ0n) is 12.0. The van der Waals surface area contributed by atoms with Crippen LogP contribution < -0.4 is 5.32 Å². The molecule has 102 valence electrons. The van der Waals surface area contributed by atoms with Crippen molar-refractivity contribution in [1.82, 2.24) is 5.32 Å². The van der Waals surface area contributed by atoms with Gasteiger partial charge >= 0.3 is 0 Å². The molecule has 0 spiro atoms. The maximum absolute atomic E-state index is 5.96. The zero-order chi connectivity index (χ0) is 13.5. The van der Waals surface area contributed by atoms with E-state index >= 15 is 0 Å². The Morgan fingerprint density at radius 2 is 1.67 bits per heavy atom. The topological polar surface area (TPSA) is 12.0 Å². The summed E-state index contributed by atoms with van der Waals surface area (Å²) in [5.41, 5.74) is 1.39. The van der Waals surface area contributed by atoms with Crippen LogP contribution in [0.15, 0.2) is 24.3 Å². The van der Waals surface area contributed by atoms with Gasteiger partial charge in [-0.3, -0.25) is 0 Å². The first-order valence-electron chi connectivity index (χ1n) is 7.00. The molecule has 0 radical (unpaired) electrons. The number of hydrogen-bond acceptors (Lipinski definition) is 1. The van der Waals surface area contributed by atoms with Crippen LogP contribution in [0.25, 0.3) is 0 Å². The van der Waals surface area contributed by atoms with Gasteiger partial charge in [0.15, 0.2) is 0 Å². The number of benzene rings is 1. The van der Waals surface area contributed by atoms with Crippen LogP contribution in [0.1, 0.15) is 45.6 Å². The highest BCUT2D eigenvalue weighted by atomic mass is 35.5. The molecule has 0 saturated carbocycles. The average molecular weight is 268 g/mol. The van der Waals surface area contributed by atoms with Gasteiger partial charge in [-0.25, -0.2) is 0 Å². The highest BCUT2D eigenvalue weighted by Crippen LogP contribution is 2.27. The Balaban J connectivity index is 2.68. The van der Waals surface area contributed by atoms with Crippen LogP contribution in [-0.2, 0) is 0 Å². The summed E-state index contributed by atoms with van der Waals surface area (Å²) < 4.78 is 0. The van der Waals surface area contributed by atoms with E-state index in [1.54, 1.807) is 0 Å². The molecular weight excluding hydrogens is 242 g/mol. The third kappa shape index (κ3) is 4.99. The fourth-order valence-electron chi connectivity index (χ4n) is 2.17. The van der Waals surface area contributed by atoms with Crippen molar-refractivity contribution < 1.29 is 0 Å². The van der Waals surface area contributed by atoms with E-state index in [-0.39, 0.29) is 0 Å². The van der Waals surface area contributed by atoms with Gasteiger partial charge in [0, 0.05) is 11.6 Å². The Morgan fingerprint density at radius 1 is 1.06 bits per heavy atom. The van der Waals surface area contributed by atoms with E-state index in [0.717, 1.165) is 18.1 Å². The zero-order valence-corrected chi connectivity index (χ0v) is 12.8. The summed E-state index contributed by atoms with van der Waals surface area (Å²) in [5.74, 6) is 1.96. The van der Waals surface area contributed by atoms with E-state index in [1.807, 2.05) is 12.1 Å². The minimum Gasteiger partial charge on any atom is -0.316 e. The van der Waals surface area contributed by atoms with Crippen LogP contribution in [0, 0.1) is 11.8 Å². The van der Waals surface area contributed by atoms with Gasteiger partial charge in [-0.15, -0.1) is 0 Å². The first kappa shape index (κ1) is 15.5. The van der Waals surface area contributed by atoms with Crippen molar-refractivity contribution in [2.24, 2.45) is 11.8 Å². The number of halogens is 1. The summed E-state index contributed by atoms with van der Waals surface area (Å²) in [7, 11) is 0. The summed E-state index contributed by atoms with van der Waals surface area (Å²) in [4.78, 5) is 0. The molecule has 2 unspecified atom stereocenters. The first-order chi connectivity index (χ1) is 8.54. The molecule has 0 aromatic heterocycles. The summed E-state index contributed by atoms with van der Waals surface area (Å²) in [6.07, 6.45) is 1.21. The minimum absolute atomic E-state index is 0.575. The largest absolute Gasteiger partial charge is 0.316 e. The highest BCUT2D eigenvalue weighted by molar-refractivity contribution is 6.30. The quantitative estimate of drug-likeness (QED) is 0.754. The predicted octanol–water partition coefficient (Wildman–Crippen LogP) is 4.72. The normalized spacial score (nSPS) is 14.8. The second kappa shape index (κ2) is 7.81. The predicted molar refractivity (Wildman–Crippen MR) is 81.4 cm³/mol. The molecule has 18 heavy (non-hydrogen) atoms. The molecule has 1 nitrogen and oxygen atoms in total. The minimum atomic E-state index is 0.575. The monoisotopic (exact) mass is 267 g/mol. The maximum atomic E-state index is 5.96. The summed E-state index contributed by atoms with van der Waals surface area (Å²) in [6, 6.07) is 8.32. The van der Waals surface area contributed by atoms with Crippen molar-refractivity contribution in [3.8, 4) is 0 Å². The molecule has 1 aromatic carbocycles. The lowest BCUT2D eigenvalue weighted by Gasteiger charge is -2.24. The van der Waals surface area contributed by atoms with Gasteiger partial charge in [-0.1, -0.05) is 57.8 Å². The van der Waals surface area contributed by atoms with Crippen molar-refractivity contribution in [3.05, 3.63) is 34.9 Å². The standard InChI is InChI=1S/C16H26ClN/c1-5-13(4)16(11-18-10-12(2)3)14-6-8-15(17)9-7-14/h6-9,12-13,16,18H,5,10-11H2,1-4H3. The van der Waals surface area contributed by atoms with Crippen LogP contribution in [0.3, 0.4) is 0 Å². The molecule has 0 aliphatic rings. The molecule has 2 heteroatoms. The van der Waals surface area contributed by atoms with Crippen LogP contribution >= 0.6 is 11.6 Å². The SMILES string of the molecule is CCC(C)C(CNCC(C)C)c1ccc(Cl)cc1. The van der Waals surface area contributed by atoms with Crippen LogP contribution in [0.4, 0.5) is 0 Å². The second-order valence-corrected chi connectivity index (χ2v) is 6.03. The van der Waals surface area contributed by atoms with Gasteiger partial charge < -0.3 is 5.32 Å². The fraction of sp³-hybridized carbons (Fsp3) is 0.625. The molecule has 0 fully saturated rings. The van der Waals surface area contributed by atoms with Gasteiger partial charge in [0.05, 0.1) is 0 Å². The Morgan fingerprint density at radius 3 is 2.17 bits per heavy atom. The lowest BCUT2D eigenvalue weighted by Crippen LogP contribution is -2.28. The molecule has 0 aliphatic carbocycles. The van der Waals surface area contributed by atoms with Crippen molar-refractivity contribution in [2.75, 3.05) is 13.1 Å².